The van der Waals surface area contributed by atoms with Crippen LogP contribution in [0, 0.1) is 5.92 Å². The minimum Gasteiger partial charge on any atom is -0.481 e. The van der Waals surface area contributed by atoms with E-state index in [0.29, 0.717) is 45.4 Å². The fourth-order valence-corrected chi connectivity index (χ4v) is 6.69. The number of amides is 2. The smallest absolute Gasteiger partial charge is 0.408 e. The standard InChI is InChI=1S/C33H35N3O5/c37-30(38)24-11-8-17-36(20-24)31(39)33(16-18-35(22-33)19-23-9-2-1-3-10-23)34-32(40)41-21-29-27-14-6-4-12-25(27)26-13-5-7-15-28(26)29/h1-7,9-10,12-15,24,29H,8,11,16-22H2,(H,34,40)(H,37,38). The maximum Gasteiger partial charge on any atom is 0.408 e. The largest absolute Gasteiger partial charge is 0.481 e. The number of nitrogens with zero attached hydrogens (tertiary/aromatic N) is 2. The van der Waals surface area contributed by atoms with E-state index in [-0.39, 0.29) is 25.0 Å². The normalized spacial score (nSPS) is 22.1. The van der Waals surface area contributed by atoms with Crippen LogP contribution in [-0.4, -0.2) is 71.2 Å². The van der Waals surface area contributed by atoms with Crippen molar-refractivity contribution in [1.82, 2.24) is 15.1 Å². The van der Waals surface area contributed by atoms with E-state index in [2.05, 4.69) is 34.5 Å². The van der Waals surface area contributed by atoms with Gasteiger partial charge in [0, 0.05) is 38.6 Å². The average molecular weight is 554 g/mol. The first kappa shape index (κ1) is 27.0. The molecule has 2 fully saturated rings. The Morgan fingerprint density at radius 3 is 2.24 bits per heavy atom. The van der Waals surface area contributed by atoms with Crippen LogP contribution in [0.15, 0.2) is 78.9 Å². The molecule has 2 N–H and O–H groups in total. The number of carbonyl (C=O) groups is 3. The Hall–Kier alpha value is -4.17. The summed E-state index contributed by atoms with van der Waals surface area (Å²) in [5.41, 5.74) is 4.48. The predicted octanol–water partition coefficient (Wildman–Crippen LogP) is 4.49. The zero-order chi connectivity index (χ0) is 28.4. The molecule has 8 nitrogen and oxygen atoms in total. The highest BCUT2D eigenvalue weighted by atomic mass is 16.5. The molecule has 0 aromatic heterocycles. The third-order valence-corrected chi connectivity index (χ3v) is 8.75. The summed E-state index contributed by atoms with van der Waals surface area (Å²) >= 11 is 0. The van der Waals surface area contributed by atoms with E-state index in [1.54, 1.807) is 4.90 Å². The Morgan fingerprint density at radius 2 is 1.56 bits per heavy atom. The van der Waals surface area contributed by atoms with Crippen molar-refractivity contribution in [1.29, 1.82) is 0 Å². The summed E-state index contributed by atoms with van der Waals surface area (Å²) in [7, 11) is 0. The quantitative estimate of drug-likeness (QED) is 0.447. The Morgan fingerprint density at radius 1 is 0.902 bits per heavy atom. The maximum atomic E-state index is 14.0. The van der Waals surface area contributed by atoms with Gasteiger partial charge in [-0.15, -0.1) is 0 Å². The van der Waals surface area contributed by atoms with E-state index in [9.17, 15) is 19.5 Å². The fraction of sp³-hybridized carbons (Fsp3) is 0.364. The predicted molar refractivity (Wildman–Crippen MR) is 154 cm³/mol. The molecule has 0 spiro atoms. The molecule has 2 aliphatic heterocycles. The Kier molecular flexibility index (Phi) is 7.49. The molecule has 8 heteroatoms. The number of alkyl carbamates (subject to hydrolysis) is 1. The zero-order valence-corrected chi connectivity index (χ0v) is 23.0. The number of fused-ring (bicyclic) bond motifs is 3. The number of carboxylic acid groups (broad SMARTS) is 1. The van der Waals surface area contributed by atoms with E-state index < -0.39 is 23.5 Å². The average Bonchev–Trinajstić information content (AvgIpc) is 3.55. The first-order chi connectivity index (χ1) is 19.9. The molecule has 0 saturated carbocycles. The molecular formula is C33H35N3O5. The van der Waals surface area contributed by atoms with Gasteiger partial charge in [0.15, 0.2) is 0 Å². The summed E-state index contributed by atoms with van der Waals surface area (Å²) in [6, 6.07) is 26.4. The summed E-state index contributed by atoms with van der Waals surface area (Å²) in [6.07, 6.45) is 0.967. The van der Waals surface area contributed by atoms with Crippen LogP contribution in [0.3, 0.4) is 0 Å². The highest BCUT2D eigenvalue weighted by molar-refractivity contribution is 5.91. The van der Waals surface area contributed by atoms with Crippen LogP contribution >= 0.6 is 0 Å². The molecule has 2 unspecified atom stereocenters. The molecule has 2 atom stereocenters. The second-order valence-electron chi connectivity index (χ2n) is 11.4. The lowest BCUT2D eigenvalue weighted by atomic mass is 9.92. The molecule has 1 aliphatic carbocycles. The van der Waals surface area contributed by atoms with Gasteiger partial charge in [-0.3, -0.25) is 14.5 Å². The zero-order valence-electron chi connectivity index (χ0n) is 23.0. The van der Waals surface area contributed by atoms with Gasteiger partial charge in [0.2, 0.25) is 5.91 Å². The number of aliphatic carboxylic acids is 1. The van der Waals surface area contributed by atoms with Crippen molar-refractivity contribution in [3.8, 4) is 11.1 Å². The van der Waals surface area contributed by atoms with E-state index in [0.717, 1.165) is 27.8 Å². The minimum atomic E-state index is -1.18. The first-order valence-corrected chi connectivity index (χ1v) is 14.4. The van der Waals surface area contributed by atoms with Gasteiger partial charge in [-0.25, -0.2) is 4.79 Å². The van der Waals surface area contributed by atoms with Gasteiger partial charge in [0.05, 0.1) is 5.92 Å². The number of ether oxygens (including phenoxy) is 1. The lowest BCUT2D eigenvalue weighted by Gasteiger charge is -2.38. The highest BCUT2D eigenvalue weighted by Gasteiger charge is 2.49. The highest BCUT2D eigenvalue weighted by Crippen LogP contribution is 2.44. The molecule has 3 aromatic carbocycles. The second-order valence-corrected chi connectivity index (χ2v) is 11.4. The van der Waals surface area contributed by atoms with Crippen molar-refractivity contribution in [3.05, 3.63) is 95.6 Å². The summed E-state index contributed by atoms with van der Waals surface area (Å²) in [4.78, 5) is 42.9. The topological polar surface area (TPSA) is 99.2 Å². The number of hydrogen-bond donors (Lipinski definition) is 2. The van der Waals surface area contributed by atoms with E-state index in [4.69, 9.17) is 4.74 Å². The molecule has 2 heterocycles. The molecule has 2 amide bonds. The van der Waals surface area contributed by atoms with Crippen LogP contribution < -0.4 is 5.32 Å². The van der Waals surface area contributed by atoms with Crippen molar-refractivity contribution in [2.45, 2.75) is 37.3 Å². The van der Waals surface area contributed by atoms with E-state index in [1.165, 1.54) is 0 Å². The third kappa shape index (κ3) is 5.44. The number of carboxylic acids is 1. The summed E-state index contributed by atoms with van der Waals surface area (Å²) < 4.78 is 5.84. The molecule has 6 rings (SSSR count). The molecule has 212 valence electrons. The number of carbonyl (C=O) groups excluding carboxylic acids is 2. The van der Waals surface area contributed by atoms with Crippen molar-refractivity contribution >= 4 is 18.0 Å². The van der Waals surface area contributed by atoms with Crippen molar-refractivity contribution in [2.75, 3.05) is 32.8 Å². The van der Waals surface area contributed by atoms with Crippen LogP contribution in [0.25, 0.3) is 11.1 Å². The van der Waals surface area contributed by atoms with Gasteiger partial charge < -0.3 is 20.1 Å². The summed E-state index contributed by atoms with van der Waals surface area (Å²) in [6.45, 7) is 2.40. The molecule has 2 saturated heterocycles. The van der Waals surface area contributed by atoms with Gasteiger partial charge in [-0.2, -0.15) is 0 Å². The lowest BCUT2D eigenvalue weighted by Crippen LogP contribution is -2.62. The number of piperidine rings is 1. The van der Waals surface area contributed by atoms with Crippen molar-refractivity contribution < 1.29 is 24.2 Å². The van der Waals surface area contributed by atoms with Gasteiger partial charge >= 0.3 is 12.1 Å². The fourth-order valence-electron chi connectivity index (χ4n) is 6.69. The van der Waals surface area contributed by atoms with E-state index >= 15 is 0 Å². The molecule has 3 aliphatic rings. The van der Waals surface area contributed by atoms with Crippen LogP contribution in [-0.2, 0) is 20.9 Å². The SMILES string of the molecule is O=C(NC1(C(=O)N2CCCC(C(=O)O)C2)CCN(Cc2ccccc2)C1)OCC1c2ccccc2-c2ccccc21. The van der Waals surface area contributed by atoms with Crippen molar-refractivity contribution in [2.24, 2.45) is 5.92 Å². The second kappa shape index (κ2) is 11.4. The van der Waals surface area contributed by atoms with Crippen LogP contribution in [0.5, 0.6) is 0 Å². The molecule has 3 aromatic rings. The first-order valence-electron chi connectivity index (χ1n) is 14.4. The Labute approximate surface area is 239 Å². The lowest BCUT2D eigenvalue weighted by molar-refractivity contribution is -0.147. The van der Waals surface area contributed by atoms with Crippen molar-refractivity contribution in [3.63, 3.8) is 0 Å². The minimum absolute atomic E-state index is 0.0867. The van der Waals surface area contributed by atoms with Crippen LogP contribution in [0.4, 0.5) is 4.79 Å². The van der Waals surface area contributed by atoms with Crippen LogP contribution in [0.1, 0.15) is 41.9 Å². The number of rotatable bonds is 7. The van der Waals surface area contributed by atoms with Crippen LogP contribution in [0.2, 0.25) is 0 Å². The van der Waals surface area contributed by atoms with Gasteiger partial charge in [-0.1, -0.05) is 78.9 Å². The number of likely N-dealkylation sites (tertiary alicyclic amines) is 2. The van der Waals surface area contributed by atoms with E-state index in [1.807, 2.05) is 54.6 Å². The molecule has 0 radical (unpaired) electrons. The monoisotopic (exact) mass is 553 g/mol. The number of hydrogen-bond acceptors (Lipinski definition) is 5. The third-order valence-electron chi connectivity index (χ3n) is 8.75. The Bertz CT molecular complexity index is 1400. The van der Waals surface area contributed by atoms with Gasteiger partial charge in [0.1, 0.15) is 12.1 Å². The van der Waals surface area contributed by atoms with Gasteiger partial charge in [0.25, 0.3) is 0 Å². The summed E-state index contributed by atoms with van der Waals surface area (Å²) in [5, 5.41) is 12.6. The molecule has 0 bridgehead atoms. The van der Waals surface area contributed by atoms with Gasteiger partial charge in [-0.05, 0) is 47.1 Å². The maximum absolute atomic E-state index is 14.0. The Balaban J connectivity index is 1.19. The molecular weight excluding hydrogens is 518 g/mol. The number of benzene rings is 3. The molecule has 41 heavy (non-hydrogen) atoms. The number of nitrogens with one attached hydrogen (secondary N) is 1. The summed E-state index contributed by atoms with van der Waals surface area (Å²) in [5.74, 6) is -1.80.